The van der Waals surface area contributed by atoms with Crippen LogP contribution in [0.15, 0.2) is 18.3 Å². The molecule has 0 spiro atoms. The summed E-state index contributed by atoms with van der Waals surface area (Å²) in [4.78, 5) is 17.9. The molecule has 0 saturated carbocycles. The van der Waals surface area contributed by atoms with Crippen molar-refractivity contribution in [3.8, 4) is 0 Å². The number of anilines is 1. The summed E-state index contributed by atoms with van der Waals surface area (Å²) in [5, 5.41) is 0. The Hall–Kier alpha value is -1.78. The number of nitrogens with zero attached hydrogens (tertiary/aromatic N) is 2. The fourth-order valence-electron chi connectivity index (χ4n) is 2.23. The summed E-state index contributed by atoms with van der Waals surface area (Å²) in [6.07, 6.45) is 0.905. The molecule has 1 fully saturated rings. The molecule has 0 radical (unpaired) electrons. The molecule has 1 aliphatic rings. The summed E-state index contributed by atoms with van der Waals surface area (Å²) in [7, 11) is 0. The molecule has 1 atom stereocenters. The van der Waals surface area contributed by atoms with E-state index in [4.69, 9.17) is 14.6 Å². The normalized spacial score (nSPS) is 21.9. The van der Waals surface area contributed by atoms with E-state index in [2.05, 4.69) is 4.98 Å². The van der Waals surface area contributed by atoms with Gasteiger partial charge in [-0.15, -0.1) is 0 Å². The molecule has 2 N–H and O–H groups in total. The fraction of sp³-hybridized carbons (Fsp3) is 0.600. The number of hydrogen-bond donors (Lipinski definition) is 1. The van der Waals surface area contributed by atoms with Crippen molar-refractivity contribution in [3.63, 3.8) is 0 Å². The van der Waals surface area contributed by atoms with Gasteiger partial charge in [0.15, 0.2) is 0 Å². The van der Waals surface area contributed by atoms with Crippen molar-refractivity contribution in [2.75, 3.05) is 18.8 Å². The van der Waals surface area contributed by atoms with Crippen LogP contribution in [-0.2, 0) is 4.74 Å². The van der Waals surface area contributed by atoms with Gasteiger partial charge in [0.05, 0.1) is 4.11 Å². The molecule has 1 aromatic rings. The van der Waals surface area contributed by atoms with E-state index in [9.17, 15) is 4.79 Å². The van der Waals surface area contributed by atoms with Crippen molar-refractivity contribution in [1.82, 2.24) is 9.88 Å². The number of aromatic nitrogens is 1. The second-order valence-corrected chi connectivity index (χ2v) is 6.04. The minimum Gasteiger partial charge on any atom is -0.444 e. The van der Waals surface area contributed by atoms with Crippen LogP contribution in [0.3, 0.4) is 0 Å². The highest BCUT2D eigenvalue weighted by molar-refractivity contribution is 5.68. The summed E-state index contributed by atoms with van der Waals surface area (Å²) < 4.78 is 28.8. The van der Waals surface area contributed by atoms with Crippen LogP contribution in [0.25, 0.3) is 0 Å². The maximum atomic E-state index is 12.2. The topological polar surface area (TPSA) is 68.5 Å². The number of likely N-dealkylation sites (tertiary alicyclic amines) is 1. The first-order chi connectivity index (χ1) is 10.6. The molecule has 1 amide bonds. The zero-order valence-corrected chi connectivity index (χ0v) is 12.2. The maximum absolute atomic E-state index is 12.2. The Morgan fingerprint density at radius 1 is 1.60 bits per heavy atom. The standard InChI is InChI=1S/C15H23N3O2/c1-15(2,3)20-14(19)18-8-4-5-11(10-18)13-9-12(16)6-7-17-13/h6-7,9,11H,4-5,8,10H2,1-3H3,(H2,16,17)/i6D,7D,9D. The van der Waals surface area contributed by atoms with Crippen LogP contribution in [0.1, 0.15) is 49.3 Å². The molecule has 1 saturated heterocycles. The Morgan fingerprint density at radius 3 is 3.05 bits per heavy atom. The molecule has 5 heteroatoms. The highest BCUT2D eigenvalue weighted by Crippen LogP contribution is 2.27. The minimum atomic E-state index is -0.561. The molecule has 20 heavy (non-hydrogen) atoms. The van der Waals surface area contributed by atoms with E-state index in [1.54, 1.807) is 4.90 Å². The molecule has 5 nitrogen and oxygen atoms in total. The molecule has 0 aliphatic carbocycles. The summed E-state index contributed by atoms with van der Waals surface area (Å²) in [6.45, 7) is 6.42. The van der Waals surface area contributed by atoms with Gasteiger partial charge < -0.3 is 15.4 Å². The Morgan fingerprint density at radius 2 is 2.35 bits per heavy atom. The first-order valence-electron chi connectivity index (χ1n) is 8.31. The Labute approximate surface area is 124 Å². The third kappa shape index (κ3) is 3.85. The number of nitrogens with two attached hydrogens (primary N) is 1. The largest absolute Gasteiger partial charge is 0.444 e. The summed E-state index contributed by atoms with van der Waals surface area (Å²) >= 11 is 0. The van der Waals surface area contributed by atoms with Crippen molar-refractivity contribution in [3.05, 3.63) is 24.0 Å². The Balaban J connectivity index is 2.21. The van der Waals surface area contributed by atoms with Gasteiger partial charge in [0.1, 0.15) is 5.60 Å². The summed E-state index contributed by atoms with van der Waals surface area (Å²) in [6, 6.07) is -0.236. The third-order valence-electron chi connectivity index (χ3n) is 3.09. The molecule has 1 aliphatic heterocycles. The second kappa shape index (κ2) is 5.69. The van der Waals surface area contributed by atoms with Crippen LogP contribution < -0.4 is 5.73 Å². The van der Waals surface area contributed by atoms with Crippen molar-refractivity contribution >= 4 is 11.8 Å². The Kier molecular flexibility index (Phi) is 3.11. The lowest BCUT2D eigenvalue weighted by Crippen LogP contribution is -2.42. The first-order valence-corrected chi connectivity index (χ1v) is 6.81. The van der Waals surface area contributed by atoms with Crippen LogP contribution in [0.4, 0.5) is 10.5 Å². The zero-order chi connectivity index (χ0) is 17.4. The molecule has 1 aromatic heterocycles. The van der Waals surface area contributed by atoms with E-state index < -0.39 is 5.60 Å². The van der Waals surface area contributed by atoms with Crippen molar-refractivity contribution in [1.29, 1.82) is 0 Å². The van der Waals surface area contributed by atoms with Gasteiger partial charge in [0, 0.05) is 36.6 Å². The number of ether oxygens (including phenoxy) is 1. The maximum Gasteiger partial charge on any atom is 0.410 e. The van der Waals surface area contributed by atoms with Gasteiger partial charge in [-0.2, -0.15) is 0 Å². The van der Waals surface area contributed by atoms with Gasteiger partial charge in [-0.05, 0) is 45.7 Å². The van der Waals surface area contributed by atoms with Crippen LogP contribution in [0, 0.1) is 0 Å². The van der Waals surface area contributed by atoms with Crippen LogP contribution in [0.2, 0.25) is 0 Å². The van der Waals surface area contributed by atoms with Gasteiger partial charge in [-0.3, -0.25) is 4.98 Å². The number of piperidine rings is 1. The lowest BCUT2D eigenvalue weighted by atomic mass is 9.94. The van der Waals surface area contributed by atoms with E-state index in [1.165, 1.54) is 0 Å². The number of pyridine rings is 1. The molecular weight excluding hydrogens is 254 g/mol. The lowest BCUT2D eigenvalue weighted by molar-refractivity contribution is 0.0197. The van der Waals surface area contributed by atoms with E-state index >= 15 is 0 Å². The van der Waals surface area contributed by atoms with Gasteiger partial charge in [0.2, 0.25) is 0 Å². The van der Waals surface area contributed by atoms with Gasteiger partial charge in [-0.25, -0.2) is 4.79 Å². The predicted octanol–water partition coefficient (Wildman–Crippen LogP) is 2.78. The predicted molar refractivity (Wildman–Crippen MR) is 78.4 cm³/mol. The monoisotopic (exact) mass is 280 g/mol. The van der Waals surface area contributed by atoms with Gasteiger partial charge in [-0.1, -0.05) is 0 Å². The average Bonchev–Trinajstić information content (AvgIpc) is 2.47. The highest BCUT2D eigenvalue weighted by atomic mass is 16.6. The zero-order valence-electron chi connectivity index (χ0n) is 15.2. The molecule has 2 rings (SSSR count). The average molecular weight is 280 g/mol. The molecular formula is C15H23N3O2. The van der Waals surface area contributed by atoms with Crippen molar-refractivity contribution in [2.45, 2.75) is 45.1 Å². The van der Waals surface area contributed by atoms with Crippen LogP contribution in [0.5, 0.6) is 0 Å². The highest BCUT2D eigenvalue weighted by Gasteiger charge is 2.28. The fourth-order valence-corrected chi connectivity index (χ4v) is 2.23. The number of rotatable bonds is 1. The lowest BCUT2D eigenvalue weighted by Gasteiger charge is -2.33. The number of carbonyl (C=O) groups is 1. The molecule has 110 valence electrons. The number of hydrogen-bond acceptors (Lipinski definition) is 4. The smallest absolute Gasteiger partial charge is 0.410 e. The molecule has 0 aromatic carbocycles. The minimum absolute atomic E-state index is 0.0120. The molecule has 1 unspecified atom stereocenters. The number of nitrogen functional groups attached to an aromatic ring is 1. The van der Waals surface area contributed by atoms with Crippen LogP contribution in [-0.4, -0.2) is 34.7 Å². The van der Waals surface area contributed by atoms with E-state index in [0.717, 1.165) is 12.8 Å². The molecule has 2 heterocycles. The summed E-state index contributed by atoms with van der Waals surface area (Å²) in [5.41, 5.74) is 5.52. The third-order valence-corrected chi connectivity index (χ3v) is 3.09. The Bertz CT molecular complexity index is 617. The second-order valence-electron chi connectivity index (χ2n) is 6.04. The van der Waals surface area contributed by atoms with E-state index in [0.29, 0.717) is 18.8 Å². The van der Waals surface area contributed by atoms with E-state index in [-0.39, 0.29) is 36.0 Å². The number of carbonyl (C=O) groups excluding carboxylic acids is 1. The van der Waals surface area contributed by atoms with Crippen molar-refractivity contribution < 1.29 is 13.6 Å². The number of amides is 1. The summed E-state index contributed by atoms with van der Waals surface area (Å²) in [5.74, 6) is -0.171. The first kappa shape index (κ1) is 10.9. The van der Waals surface area contributed by atoms with Crippen LogP contribution >= 0.6 is 0 Å². The van der Waals surface area contributed by atoms with Crippen molar-refractivity contribution in [2.24, 2.45) is 0 Å². The molecule has 0 bridgehead atoms. The quantitative estimate of drug-likeness (QED) is 0.859. The van der Waals surface area contributed by atoms with E-state index in [1.807, 2.05) is 20.8 Å². The SMILES string of the molecule is [2H]c1nc(C2CCCN(C(=O)OC(C)(C)C)C2)c([2H])c(N)c1[2H]. The van der Waals surface area contributed by atoms with Gasteiger partial charge in [0.25, 0.3) is 0 Å². The van der Waals surface area contributed by atoms with Gasteiger partial charge >= 0.3 is 6.09 Å².